The van der Waals surface area contributed by atoms with E-state index in [-0.39, 0.29) is 5.57 Å². The van der Waals surface area contributed by atoms with Gasteiger partial charge < -0.3 is 5.11 Å². The summed E-state index contributed by atoms with van der Waals surface area (Å²) in [5.41, 5.74) is 0.247. The average molecular weight is 145 g/mol. The number of allylic oxidation sites excluding steroid dienone is 3. The van der Waals surface area contributed by atoms with Gasteiger partial charge in [0.1, 0.15) is 0 Å². The first-order valence-electron chi connectivity index (χ1n) is 2.47. The van der Waals surface area contributed by atoms with Gasteiger partial charge in [-0.15, -0.1) is 11.6 Å². The van der Waals surface area contributed by atoms with Crippen LogP contribution in [-0.2, 0) is 4.79 Å². The Balaban J connectivity index is 2.76. The van der Waals surface area contributed by atoms with Crippen LogP contribution < -0.4 is 0 Å². The second kappa shape index (κ2) is 2.23. The van der Waals surface area contributed by atoms with Crippen LogP contribution in [0.1, 0.15) is 0 Å². The highest BCUT2D eigenvalue weighted by Crippen LogP contribution is 2.17. The van der Waals surface area contributed by atoms with E-state index in [9.17, 15) is 4.79 Å². The van der Waals surface area contributed by atoms with Crippen LogP contribution in [-0.4, -0.2) is 16.5 Å². The number of halogens is 1. The second-order valence-electron chi connectivity index (χ2n) is 1.71. The van der Waals surface area contributed by atoms with Crippen molar-refractivity contribution in [3.05, 3.63) is 23.8 Å². The summed E-state index contributed by atoms with van der Waals surface area (Å²) in [7, 11) is 0. The molecule has 0 fully saturated rings. The van der Waals surface area contributed by atoms with Gasteiger partial charge in [0.15, 0.2) is 0 Å². The molecule has 2 nitrogen and oxygen atoms in total. The molecule has 0 saturated carbocycles. The summed E-state index contributed by atoms with van der Waals surface area (Å²) in [6, 6.07) is 0. The number of rotatable bonds is 1. The molecule has 0 aromatic rings. The Labute approximate surface area is 57.4 Å². The number of alkyl halides is 1. The smallest absolute Gasteiger partial charge is 0.333 e. The Morgan fingerprint density at radius 2 is 2.44 bits per heavy atom. The normalized spacial score (nSPS) is 24.1. The van der Waals surface area contributed by atoms with E-state index in [0.29, 0.717) is 0 Å². The van der Waals surface area contributed by atoms with Crippen molar-refractivity contribution in [2.75, 3.05) is 0 Å². The maximum absolute atomic E-state index is 10.2. The Hall–Kier alpha value is -0.760. The molecule has 0 bridgehead atoms. The summed E-state index contributed by atoms with van der Waals surface area (Å²) in [6.45, 7) is 0. The van der Waals surface area contributed by atoms with Crippen LogP contribution in [0.25, 0.3) is 0 Å². The van der Waals surface area contributed by atoms with E-state index in [1.165, 1.54) is 6.08 Å². The van der Waals surface area contributed by atoms with E-state index in [0.717, 1.165) is 0 Å². The molecule has 48 valence electrons. The number of hydrogen-bond acceptors (Lipinski definition) is 1. The molecule has 0 saturated heterocycles. The third-order valence-corrected chi connectivity index (χ3v) is 1.48. The molecule has 1 unspecified atom stereocenters. The van der Waals surface area contributed by atoms with Crippen LogP contribution in [0.2, 0.25) is 0 Å². The fraction of sp³-hybridized carbons (Fsp3) is 0.167. The zero-order chi connectivity index (χ0) is 6.85. The molecular formula is C6H5ClO2. The van der Waals surface area contributed by atoms with Gasteiger partial charge in [0.2, 0.25) is 0 Å². The Morgan fingerprint density at radius 3 is 2.67 bits per heavy atom. The number of carboxylic acids is 1. The lowest BCUT2D eigenvalue weighted by Gasteiger charge is -1.96. The summed E-state index contributed by atoms with van der Waals surface area (Å²) in [4.78, 5) is 10.2. The zero-order valence-electron chi connectivity index (χ0n) is 4.54. The van der Waals surface area contributed by atoms with Crippen molar-refractivity contribution in [2.24, 2.45) is 0 Å². The fourth-order valence-electron chi connectivity index (χ4n) is 0.642. The van der Waals surface area contributed by atoms with Crippen LogP contribution in [0.15, 0.2) is 23.8 Å². The van der Waals surface area contributed by atoms with E-state index < -0.39 is 11.3 Å². The lowest BCUT2D eigenvalue weighted by molar-refractivity contribution is -0.132. The maximum atomic E-state index is 10.2. The largest absolute Gasteiger partial charge is 0.478 e. The van der Waals surface area contributed by atoms with Gasteiger partial charge in [0.25, 0.3) is 0 Å². The Morgan fingerprint density at radius 1 is 1.78 bits per heavy atom. The molecule has 0 spiro atoms. The van der Waals surface area contributed by atoms with Crippen molar-refractivity contribution in [1.29, 1.82) is 0 Å². The standard InChI is InChI=1S/C6H5ClO2/c7-5-3-1-2-4(5)6(8)9/h1-3,5H,(H,8,9). The number of carbonyl (C=O) groups is 1. The topological polar surface area (TPSA) is 37.3 Å². The van der Waals surface area contributed by atoms with Gasteiger partial charge in [-0.05, 0) is 0 Å². The first kappa shape index (κ1) is 6.36. The molecule has 0 radical (unpaired) electrons. The first-order valence-corrected chi connectivity index (χ1v) is 2.91. The van der Waals surface area contributed by atoms with Gasteiger partial charge in [0.05, 0.1) is 11.0 Å². The van der Waals surface area contributed by atoms with Crippen molar-refractivity contribution in [2.45, 2.75) is 5.38 Å². The second-order valence-corrected chi connectivity index (χ2v) is 2.18. The highest BCUT2D eigenvalue weighted by Gasteiger charge is 2.17. The summed E-state index contributed by atoms with van der Waals surface area (Å²) in [5.74, 6) is -0.944. The summed E-state index contributed by atoms with van der Waals surface area (Å²) < 4.78 is 0. The van der Waals surface area contributed by atoms with E-state index in [4.69, 9.17) is 16.7 Å². The molecule has 0 aromatic carbocycles. The molecule has 0 aromatic heterocycles. The molecular weight excluding hydrogens is 140 g/mol. The molecule has 1 aliphatic carbocycles. The van der Waals surface area contributed by atoms with Gasteiger partial charge >= 0.3 is 5.97 Å². The molecule has 0 heterocycles. The zero-order valence-corrected chi connectivity index (χ0v) is 5.30. The Bertz CT molecular complexity index is 193. The quantitative estimate of drug-likeness (QED) is 0.561. The average Bonchev–Trinajstić information content (AvgIpc) is 2.13. The highest BCUT2D eigenvalue weighted by atomic mass is 35.5. The molecule has 0 amide bonds. The minimum absolute atomic E-state index is 0.247. The van der Waals surface area contributed by atoms with E-state index in [2.05, 4.69) is 0 Å². The van der Waals surface area contributed by atoms with Gasteiger partial charge in [-0.25, -0.2) is 4.79 Å². The molecule has 1 rings (SSSR count). The van der Waals surface area contributed by atoms with Crippen molar-refractivity contribution in [1.82, 2.24) is 0 Å². The lowest BCUT2D eigenvalue weighted by Crippen LogP contribution is -2.06. The summed E-state index contributed by atoms with van der Waals surface area (Å²) in [6.07, 6.45) is 4.77. The third-order valence-electron chi connectivity index (χ3n) is 1.10. The van der Waals surface area contributed by atoms with Crippen LogP contribution >= 0.6 is 11.6 Å². The Kier molecular flexibility index (Phi) is 1.58. The van der Waals surface area contributed by atoms with Crippen LogP contribution in [0.3, 0.4) is 0 Å². The van der Waals surface area contributed by atoms with E-state index in [1.54, 1.807) is 12.2 Å². The SMILES string of the molecule is O=C(O)C1=CC=CC1Cl. The molecule has 0 aliphatic heterocycles. The monoisotopic (exact) mass is 144 g/mol. The van der Waals surface area contributed by atoms with Gasteiger partial charge in [-0.3, -0.25) is 0 Å². The van der Waals surface area contributed by atoms with Crippen LogP contribution in [0.5, 0.6) is 0 Å². The molecule has 3 heteroatoms. The number of hydrogen-bond donors (Lipinski definition) is 1. The third kappa shape index (κ3) is 1.13. The number of aliphatic carboxylic acids is 1. The van der Waals surface area contributed by atoms with Crippen molar-refractivity contribution < 1.29 is 9.90 Å². The van der Waals surface area contributed by atoms with Crippen LogP contribution in [0, 0.1) is 0 Å². The molecule has 1 N–H and O–H groups in total. The predicted molar refractivity (Wildman–Crippen MR) is 34.5 cm³/mol. The minimum Gasteiger partial charge on any atom is -0.478 e. The maximum Gasteiger partial charge on any atom is 0.333 e. The molecule has 1 atom stereocenters. The van der Waals surface area contributed by atoms with E-state index in [1.807, 2.05) is 0 Å². The lowest BCUT2D eigenvalue weighted by atomic mass is 10.2. The summed E-state index contributed by atoms with van der Waals surface area (Å²) >= 11 is 5.54. The minimum atomic E-state index is -0.944. The first-order chi connectivity index (χ1) is 4.22. The molecule has 9 heavy (non-hydrogen) atoms. The highest BCUT2D eigenvalue weighted by molar-refractivity contribution is 6.26. The van der Waals surface area contributed by atoms with Gasteiger partial charge in [-0.2, -0.15) is 0 Å². The summed E-state index contributed by atoms with van der Waals surface area (Å²) in [5, 5.41) is 7.95. The van der Waals surface area contributed by atoms with Crippen molar-refractivity contribution >= 4 is 17.6 Å². The van der Waals surface area contributed by atoms with Crippen molar-refractivity contribution in [3.63, 3.8) is 0 Å². The number of carboxylic acid groups (broad SMARTS) is 1. The van der Waals surface area contributed by atoms with E-state index >= 15 is 0 Å². The molecule has 1 aliphatic rings. The van der Waals surface area contributed by atoms with Crippen molar-refractivity contribution in [3.8, 4) is 0 Å². The van der Waals surface area contributed by atoms with Gasteiger partial charge in [0, 0.05) is 0 Å². The predicted octanol–water partition coefficient (Wildman–Crippen LogP) is 1.17. The fourth-order valence-corrected chi connectivity index (χ4v) is 0.892. The van der Waals surface area contributed by atoms with Gasteiger partial charge in [-0.1, -0.05) is 18.2 Å². The van der Waals surface area contributed by atoms with Crippen LogP contribution in [0.4, 0.5) is 0 Å².